The van der Waals surface area contributed by atoms with Gasteiger partial charge in [0.05, 0.1) is 12.2 Å². The first kappa shape index (κ1) is 24.4. The van der Waals surface area contributed by atoms with Crippen LogP contribution in [0.4, 0.5) is 5.69 Å². The maximum atomic E-state index is 13.8. The number of rotatable bonds is 8. The van der Waals surface area contributed by atoms with Crippen molar-refractivity contribution in [3.8, 4) is 0 Å². The van der Waals surface area contributed by atoms with E-state index >= 15 is 0 Å². The fourth-order valence-corrected chi connectivity index (χ4v) is 4.76. The first-order chi connectivity index (χ1) is 16.8. The number of aryl methyl sites for hydroxylation is 1. The van der Waals surface area contributed by atoms with E-state index in [1.807, 2.05) is 32.0 Å². The number of hydrogen-bond acceptors (Lipinski definition) is 6. The second-order valence-corrected chi connectivity index (χ2v) is 9.17. The van der Waals surface area contributed by atoms with E-state index in [2.05, 4.69) is 31.1 Å². The third kappa shape index (κ3) is 5.03. The van der Waals surface area contributed by atoms with Crippen molar-refractivity contribution in [2.24, 2.45) is 5.92 Å². The zero-order valence-electron chi connectivity index (χ0n) is 20.1. The van der Waals surface area contributed by atoms with Crippen LogP contribution < -0.4 is 20.9 Å². The lowest BCUT2D eigenvalue weighted by Gasteiger charge is -2.29. The Morgan fingerprint density at radius 3 is 2.71 bits per heavy atom. The molecule has 0 fully saturated rings. The molecule has 1 aromatic heterocycles. The fourth-order valence-electron chi connectivity index (χ4n) is 4.76. The van der Waals surface area contributed by atoms with Crippen molar-refractivity contribution < 1.29 is 19.2 Å². The van der Waals surface area contributed by atoms with Gasteiger partial charge in [-0.25, -0.2) is 4.98 Å². The van der Waals surface area contributed by atoms with Gasteiger partial charge in [0, 0.05) is 13.3 Å². The van der Waals surface area contributed by atoms with Gasteiger partial charge in [-0.3, -0.25) is 29.2 Å². The summed E-state index contributed by atoms with van der Waals surface area (Å²) < 4.78 is 0. The lowest BCUT2D eigenvalue weighted by atomic mass is 9.97. The van der Waals surface area contributed by atoms with E-state index in [0.717, 1.165) is 16.8 Å². The average molecular weight is 482 g/mol. The SMILES string of the molecule is CC[C@H](C)[C@H](NC(C)=O)C(=O)N[C@H]1CCc2cccc3c2N(C1=O)[C@H](C(=O)NCc1ncn[nH]1)C3. The molecule has 11 heteroatoms. The predicted octanol–water partition coefficient (Wildman–Crippen LogP) is 0.361. The molecule has 2 aromatic rings. The minimum atomic E-state index is -0.814. The molecular weight excluding hydrogens is 450 g/mol. The maximum absolute atomic E-state index is 13.8. The minimum absolute atomic E-state index is 0.106. The van der Waals surface area contributed by atoms with Gasteiger partial charge in [0.25, 0.3) is 0 Å². The summed E-state index contributed by atoms with van der Waals surface area (Å²) in [5.41, 5.74) is 2.66. The highest BCUT2D eigenvalue weighted by Crippen LogP contribution is 2.39. The molecule has 0 spiro atoms. The van der Waals surface area contributed by atoms with Crippen LogP contribution in [-0.2, 0) is 38.6 Å². The van der Waals surface area contributed by atoms with Gasteiger partial charge in [0.15, 0.2) is 0 Å². The van der Waals surface area contributed by atoms with E-state index in [-0.39, 0.29) is 30.2 Å². The molecule has 2 aliphatic rings. The van der Waals surface area contributed by atoms with Crippen molar-refractivity contribution in [3.05, 3.63) is 41.5 Å². The van der Waals surface area contributed by atoms with Gasteiger partial charge in [0.1, 0.15) is 30.3 Å². The van der Waals surface area contributed by atoms with Gasteiger partial charge in [-0.1, -0.05) is 38.5 Å². The number of amides is 4. The number of anilines is 1. The maximum Gasteiger partial charge on any atom is 0.250 e. The summed E-state index contributed by atoms with van der Waals surface area (Å²) in [6, 6.07) is 3.52. The number of benzene rings is 1. The second-order valence-electron chi connectivity index (χ2n) is 9.17. The summed E-state index contributed by atoms with van der Waals surface area (Å²) in [6.45, 7) is 5.35. The highest BCUT2D eigenvalue weighted by Gasteiger charge is 2.44. The highest BCUT2D eigenvalue weighted by atomic mass is 16.2. The molecule has 35 heavy (non-hydrogen) atoms. The Hall–Kier alpha value is -3.76. The number of aromatic amines is 1. The molecule has 4 N–H and O–H groups in total. The van der Waals surface area contributed by atoms with Crippen molar-refractivity contribution in [3.63, 3.8) is 0 Å². The topological polar surface area (TPSA) is 149 Å². The molecule has 4 rings (SSSR count). The Labute approximate surface area is 203 Å². The molecule has 4 amide bonds. The molecule has 0 saturated carbocycles. The van der Waals surface area contributed by atoms with Gasteiger partial charge in [-0.15, -0.1) is 0 Å². The minimum Gasteiger partial charge on any atom is -0.347 e. The smallest absolute Gasteiger partial charge is 0.250 e. The first-order valence-corrected chi connectivity index (χ1v) is 11.9. The number of aromatic nitrogens is 3. The van der Waals surface area contributed by atoms with E-state index in [0.29, 0.717) is 31.5 Å². The number of para-hydroxylation sites is 1. The predicted molar refractivity (Wildman–Crippen MR) is 127 cm³/mol. The molecule has 2 aliphatic heterocycles. The molecule has 0 radical (unpaired) electrons. The zero-order valence-corrected chi connectivity index (χ0v) is 20.1. The first-order valence-electron chi connectivity index (χ1n) is 11.9. The largest absolute Gasteiger partial charge is 0.347 e. The molecule has 1 aromatic carbocycles. The van der Waals surface area contributed by atoms with E-state index in [4.69, 9.17) is 0 Å². The summed E-state index contributed by atoms with van der Waals surface area (Å²) in [4.78, 5) is 57.3. The van der Waals surface area contributed by atoms with Crippen molar-refractivity contribution in [1.82, 2.24) is 31.1 Å². The van der Waals surface area contributed by atoms with E-state index in [9.17, 15) is 19.2 Å². The van der Waals surface area contributed by atoms with Crippen molar-refractivity contribution in [2.45, 2.75) is 71.1 Å². The fraction of sp³-hybridized carbons (Fsp3) is 0.500. The summed E-state index contributed by atoms with van der Waals surface area (Å²) in [6.07, 6.45) is 3.41. The highest BCUT2D eigenvalue weighted by molar-refractivity contribution is 6.08. The molecular formula is C24H31N7O4. The zero-order chi connectivity index (χ0) is 25.1. The lowest BCUT2D eigenvalue weighted by Crippen LogP contribution is -2.58. The molecule has 3 heterocycles. The van der Waals surface area contributed by atoms with E-state index in [1.54, 1.807) is 0 Å². The molecule has 0 unspecified atom stereocenters. The van der Waals surface area contributed by atoms with Crippen LogP contribution in [0.3, 0.4) is 0 Å². The second kappa shape index (κ2) is 10.2. The van der Waals surface area contributed by atoms with Gasteiger partial charge in [-0.2, -0.15) is 5.10 Å². The van der Waals surface area contributed by atoms with Gasteiger partial charge in [0.2, 0.25) is 23.6 Å². The Bertz CT molecular complexity index is 1120. The van der Waals surface area contributed by atoms with Crippen LogP contribution in [-0.4, -0.2) is 56.9 Å². The number of nitrogens with one attached hydrogen (secondary N) is 4. The number of carbonyl (C=O) groups excluding carboxylic acids is 4. The summed E-state index contributed by atoms with van der Waals surface area (Å²) in [7, 11) is 0. The number of H-pyrrole nitrogens is 1. The Kier molecular flexibility index (Phi) is 7.13. The molecule has 186 valence electrons. The number of hydrogen-bond donors (Lipinski definition) is 4. The summed E-state index contributed by atoms with van der Waals surface area (Å²) >= 11 is 0. The Balaban J connectivity index is 1.56. The Morgan fingerprint density at radius 1 is 1.26 bits per heavy atom. The van der Waals surface area contributed by atoms with Crippen molar-refractivity contribution in [1.29, 1.82) is 0 Å². The van der Waals surface area contributed by atoms with Crippen LogP contribution in [0, 0.1) is 5.92 Å². The molecule has 4 atom stereocenters. The van der Waals surface area contributed by atoms with E-state index < -0.39 is 24.0 Å². The average Bonchev–Trinajstić information content (AvgIpc) is 3.47. The van der Waals surface area contributed by atoms with Crippen LogP contribution in [0.5, 0.6) is 0 Å². The molecule has 0 saturated heterocycles. The van der Waals surface area contributed by atoms with E-state index in [1.165, 1.54) is 18.2 Å². The lowest BCUT2D eigenvalue weighted by molar-refractivity contribution is -0.132. The summed E-state index contributed by atoms with van der Waals surface area (Å²) in [5, 5.41) is 14.9. The number of carbonyl (C=O) groups is 4. The molecule has 11 nitrogen and oxygen atoms in total. The Morgan fingerprint density at radius 2 is 2.03 bits per heavy atom. The van der Waals surface area contributed by atoms with Crippen LogP contribution >= 0.6 is 0 Å². The summed E-state index contributed by atoms with van der Waals surface area (Å²) in [5.74, 6) is -0.935. The standard InChI is InChI=1S/C24H31N7O4/c1-4-13(2)20(28-14(3)32)23(34)29-17-9-8-15-6-5-7-16-10-18(31(21(15)16)24(17)35)22(33)25-11-19-26-12-27-30-19/h5-7,12-13,17-18,20H,4,8-11H2,1-3H3,(H,25,33)(H,28,32)(H,29,34)(H,26,27,30)/t13-,17-,18-,20-/m0/s1. The van der Waals surface area contributed by atoms with Crippen LogP contribution in [0.25, 0.3) is 0 Å². The third-order valence-electron chi connectivity index (χ3n) is 6.78. The van der Waals surface area contributed by atoms with Crippen molar-refractivity contribution >= 4 is 29.3 Å². The van der Waals surface area contributed by atoms with Crippen LogP contribution in [0.15, 0.2) is 24.5 Å². The number of nitrogens with zero attached hydrogens (tertiary/aromatic N) is 3. The van der Waals surface area contributed by atoms with Gasteiger partial charge < -0.3 is 16.0 Å². The van der Waals surface area contributed by atoms with Gasteiger partial charge in [-0.05, 0) is 29.9 Å². The van der Waals surface area contributed by atoms with Crippen LogP contribution in [0.2, 0.25) is 0 Å². The van der Waals surface area contributed by atoms with Gasteiger partial charge >= 0.3 is 0 Å². The molecule has 0 aliphatic carbocycles. The van der Waals surface area contributed by atoms with Crippen molar-refractivity contribution in [2.75, 3.05) is 4.90 Å². The quantitative estimate of drug-likeness (QED) is 0.428. The molecule has 0 bridgehead atoms. The monoisotopic (exact) mass is 481 g/mol. The normalized spacial score (nSPS) is 20.4. The third-order valence-corrected chi connectivity index (χ3v) is 6.78. The van der Waals surface area contributed by atoms with Crippen LogP contribution in [0.1, 0.15) is 50.6 Å².